The van der Waals surface area contributed by atoms with Crippen LogP contribution in [-0.4, -0.2) is 49.7 Å². The van der Waals surface area contributed by atoms with Crippen LogP contribution >= 0.6 is 0 Å². The van der Waals surface area contributed by atoms with E-state index in [1.54, 1.807) is 34.9 Å². The van der Waals surface area contributed by atoms with Crippen molar-refractivity contribution >= 4 is 34.7 Å². The van der Waals surface area contributed by atoms with Crippen molar-refractivity contribution in [3.8, 4) is 17.1 Å². The predicted octanol–water partition coefficient (Wildman–Crippen LogP) is 4.68. The number of para-hydroxylation sites is 2. The first kappa shape index (κ1) is 28.0. The van der Waals surface area contributed by atoms with Crippen molar-refractivity contribution in [2.75, 3.05) is 10.6 Å². The summed E-state index contributed by atoms with van der Waals surface area (Å²) in [5.41, 5.74) is 0.944. The van der Waals surface area contributed by atoms with E-state index in [-0.39, 0.29) is 28.7 Å². The zero-order valence-electron chi connectivity index (χ0n) is 21.5. The van der Waals surface area contributed by atoms with Crippen LogP contribution < -0.4 is 20.7 Å². The molecule has 0 bridgehead atoms. The van der Waals surface area contributed by atoms with Crippen molar-refractivity contribution in [1.82, 2.24) is 24.9 Å². The smallest absolute Gasteiger partial charge is 0.404 e. The molecule has 0 radical (unpaired) electrons. The molecule has 0 aliphatic heterocycles. The summed E-state index contributed by atoms with van der Waals surface area (Å²) in [4.78, 5) is 41.3. The van der Waals surface area contributed by atoms with E-state index in [2.05, 4.69) is 35.9 Å². The zero-order chi connectivity index (χ0) is 29.0. The third-order valence-corrected chi connectivity index (χ3v) is 5.70. The lowest BCUT2D eigenvalue weighted by atomic mass is 10.0. The van der Waals surface area contributed by atoms with E-state index in [0.717, 1.165) is 6.07 Å². The average molecular weight is 556 g/mol. The molecule has 0 unspecified atom stereocenters. The Hall–Kier alpha value is -5.01. The average Bonchev–Trinajstić information content (AvgIpc) is 3.32. The molecule has 2 aromatic carbocycles. The molecule has 1 atom stereocenters. The van der Waals surface area contributed by atoms with Crippen LogP contribution in [0.2, 0.25) is 0 Å². The summed E-state index contributed by atoms with van der Waals surface area (Å²) in [7, 11) is 0. The Labute approximate surface area is 225 Å². The van der Waals surface area contributed by atoms with Gasteiger partial charge in [-0.05, 0) is 49.2 Å². The normalized spacial score (nSPS) is 12.2. The minimum Gasteiger partial charge on any atom is -0.404 e. The quantitative estimate of drug-likeness (QED) is 0.287. The molecule has 0 saturated heterocycles. The summed E-state index contributed by atoms with van der Waals surface area (Å²) in [6, 6.07) is 10.1. The zero-order valence-corrected chi connectivity index (χ0v) is 21.5. The van der Waals surface area contributed by atoms with E-state index >= 15 is 0 Å². The molecule has 0 saturated carbocycles. The number of anilines is 2. The van der Waals surface area contributed by atoms with Crippen LogP contribution in [0.5, 0.6) is 5.75 Å². The van der Waals surface area contributed by atoms with Gasteiger partial charge >= 0.3 is 12.4 Å². The van der Waals surface area contributed by atoms with Gasteiger partial charge in [-0.25, -0.2) is 9.78 Å². The largest absolute Gasteiger partial charge is 0.573 e. The molecular weight excluding hydrogens is 531 g/mol. The number of halogens is 3. The number of alkyl halides is 3. The number of nitrogens with zero attached hydrogens (tertiary/aromatic N) is 4. The topological polar surface area (TPSA) is 140 Å². The fraction of sp³-hybridized carbons (Fsp3) is 0.231. The summed E-state index contributed by atoms with van der Waals surface area (Å²) < 4.78 is 43.4. The number of carbonyl (C=O) groups excluding carboxylic acids is 3. The summed E-state index contributed by atoms with van der Waals surface area (Å²) in [5, 5.41) is 15.8. The van der Waals surface area contributed by atoms with Gasteiger partial charge < -0.3 is 20.7 Å². The Morgan fingerprint density at radius 1 is 0.975 bits per heavy atom. The molecule has 4 aromatic rings. The van der Waals surface area contributed by atoms with Gasteiger partial charge in [-0.3, -0.25) is 14.0 Å². The maximum Gasteiger partial charge on any atom is 0.573 e. The van der Waals surface area contributed by atoms with Crippen LogP contribution in [0.1, 0.15) is 31.3 Å². The van der Waals surface area contributed by atoms with Crippen molar-refractivity contribution < 1.29 is 32.3 Å². The maximum atomic E-state index is 12.9. The molecule has 0 fully saturated rings. The molecule has 3 amide bonds. The molecule has 11 nitrogen and oxygen atoms in total. The van der Waals surface area contributed by atoms with Crippen LogP contribution in [0.15, 0.2) is 60.9 Å². The van der Waals surface area contributed by atoms with Crippen LogP contribution in [0.4, 0.5) is 29.3 Å². The Kier molecular flexibility index (Phi) is 7.98. The maximum absolute atomic E-state index is 12.9. The Morgan fingerprint density at radius 2 is 1.68 bits per heavy atom. The number of amides is 3. The second kappa shape index (κ2) is 11.4. The highest BCUT2D eigenvalue weighted by Gasteiger charge is 2.32. The number of aromatic nitrogens is 4. The van der Waals surface area contributed by atoms with Gasteiger partial charge in [0.05, 0.1) is 11.7 Å². The number of hydrogen-bond donors (Lipinski definition) is 3. The first-order chi connectivity index (χ1) is 18.9. The number of nitrogens with one attached hydrogen (secondary N) is 3. The van der Waals surface area contributed by atoms with Crippen molar-refractivity contribution in [1.29, 1.82) is 0 Å². The van der Waals surface area contributed by atoms with Crippen LogP contribution in [0.25, 0.3) is 17.0 Å². The molecule has 4 rings (SSSR count). The number of ether oxygens (including phenoxy) is 1. The third kappa shape index (κ3) is 6.51. The fourth-order valence-corrected chi connectivity index (χ4v) is 3.90. The van der Waals surface area contributed by atoms with E-state index in [9.17, 15) is 27.6 Å². The summed E-state index contributed by atoms with van der Waals surface area (Å²) in [6.45, 7) is 5.04. The van der Waals surface area contributed by atoms with Gasteiger partial charge in [-0.2, -0.15) is 0 Å². The standard InChI is InChI=1S/C26H24F3N7O4/c1-14(2)20(15(3)37)33-24(38)21-23-35-34-22(36(23)13-12-30-21)16-8-10-17(11-9-16)31-25(39)32-18-6-4-5-7-19(18)40-26(27,28)29/h4-14,20H,1-3H3,(H,33,38)(H2,31,32,39)/t20-/m0/s1. The lowest BCUT2D eigenvalue weighted by Crippen LogP contribution is -2.43. The lowest BCUT2D eigenvalue weighted by Gasteiger charge is -2.19. The van der Waals surface area contributed by atoms with Crippen molar-refractivity contribution in [2.45, 2.75) is 33.2 Å². The number of benzene rings is 2. The van der Waals surface area contributed by atoms with E-state index in [0.29, 0.717) is 17.1 Å². The summed E-state index contributed by atoms with van der Waals surface area (Å²) in [5.74, 6) is -1.04. The Bertz CT molecular complexity index is 1550. The SMILES string of the molecule is CC(=O)[C@@H](NC(=O)c1nccn2c(-c3ccc(NC(=O)Nc4ccccc4OC(F)(F)F)cc3)nnc12)C(C)C. The highest BCUT2D eigenvalue weighted by Crippen LogP contribution is 2.30. The van der Waals surface area contributed by atoms with Gasteiger partial charge in [-0.15, -0.1) is 23.4 Å². The molecule has 0 spiro atoms. The van der Waals surface area contributed by atoms with E-state index in [1.165, 1.54) is 31.3 Å². The highest BCUT2D eigenvalue weighted by molar-refractivity contribution is 6.01. The number of Topliss-reactive ketones (excluding diaryl/α,β-unsaturated/α-hetero) is 1. The lowest BCUT2D eigenvalue weighted by molar-refractivity contribution is -0.274. The number of hydrogen-bond acceptors (Lipinski definition) is 7. The molecule has 3 N–H and O–H groups in total. The molecule has 2 aromatic heterocycles. The molecule has 0 aliphatic rings. The van der Waals surface area contributed by atoms with Gasteiger partial charge in [-0.1, -0.05) is 26.0 Å². The number of ketones is 1. The number of rotatable bonds is 8. The minimum atomic E-state index is -4.92. The minimum absolute atomic E-state index is 0.00195. The Balaban J connectivity index is 1.49. The number of urea groups is 1. The van der Waals surface area contributed by atoms with E-state index in [1.807, 2.05) is 13.8 Å². The van der Waals surface area contributed by atoms with Gasteiger partial charge in [0.1, 0.15) is 0 Å². The summed E-state index contributed by atoms with van der Waals surface area (Å²) in [6.07, 6.45) is -1.93. The summed E-state index contributed by atoms with van der Waals surface area (Å²) >= 11 is 0. The number of fused-ring (bicyclic) bond motifs is 1. The monoisotopic (exact) mass is 555 g/mol. The van der Waals surface area contributed by atoms with E-state index < -0.39 is 30.1 Å². The van der Waals surface area contributed by atoms with Crippen LogP contribution in [0.3, 0.4) is 0 Å². The van der Waals surface area contributed by atoms with Crippen molar-refractivity contribution in [3.05, 3.63) is 66.6 Å². The second-order valence-electron chi connectivity index (χ2n) is 9.00. The van der Waals surface area contributed by atoms with Crippen LogP contribution in [0, 0.1) is 5.92 Å². The highest BCUT2D eigenvalue weighted by atomic mass is 19.4. The predicted molar refractivity (Wildman–Crippen MR) is 139 cm³/mol. The molecule has 40 heavy (non-hydrogen) atoms. The van der Waals surface area contributed by atoms with Gasteiger partial charge in [0.2, 0.25) is 0 Å². The molecule has 0 aliphatic carbocycles. The van der Waals surface area contributed by atoms with E-state index in [4.69, 9.17) is 0 Å². The van der Waals surface area contributed by atoms with Gasteiger partial charge in [0, 0.05) is 23.6 Å². The van der Waals surface area contributed by atoms with Gasteiger partial charge in [0.15, 0.2) is 28.7 Å². The molecular formula is C26H24F3N7O4. The van der Waals surface area contributed by atoms with Crippen LogP contribution in [-0.2, 0) is 4.79 Å². The van der Waals surface area contributed by atoms with Crippen molar-refractivity contribution in [3.63, 3.8) is 0 Å². The first-order valence-corrected chi connectivity index (χ1v) is 12.0. The fourth-order valence-electron chi connectivity index (χ4n) is 3.90. The second-order valence-corrected chi connectivity index (χ2v) is 9.00. The first-order valence-electron chi connectivity index (χ1n) is 12.0. The number of carbonyl (C=O) groups is 3. The third-order valence-electron chi connectivity index (χ3n) is 5.70. The van der Waals surface area contributed by atoms with Gasteiger partial charge in [0.25, 0.3) is 5.91 Å². The molecule has 208 valence electrons. The Morgan fingerprint density at radius 3 is 2.33 bits per heavy atom. The molecule has 2 heterocycles. The van der Waals surface area contributed by atoms with Crippen molar-refractivity contribution in [2.24, 2.45) is 5.92 Å². The molecule has 14 heteroatoms.